The monoisotopic (exact) mass is 362 g/mol. The van der Waals surface area contributed by atoms with Crippen molar-refractivity contribution >= 4 is 42.4 Å². The van der Waals surface area contributed by atoms with Crippen molar-refractivity contribution in [2.45, 2.75) is 4.90 Å². The highest BCUT2D eigenvalue weighted by atomic mass is 79.9. The van der Waals surface area contributed by atoms with E-state index < -0.39 is 10.0 Å². The van der Waals surface area contributed by atoms with Crippen LogP contribution in [0.4, 0.5) is 5.69 Å². The smallest absolute Gasteiger partial charge is 0.262 e. The van der Waals surface area contributed by atoms with Crippen molar-refractivity contribution in [2.75, 3.05) is 4.72 Å². The summed E-state index contributed by atoms with van der Waals surface area (Å²) in [4.78, 5) is 4.26. The van der Waals surface area contributed by atoms with E-state index in [1.54, 1.807) is 36.5 Å². The normalized spacial score (nSPS) is 11.5. The summed E-state index contributed by atoms with van der Waals surface area (Å²) in [7, 11) is -3.68. The predicted octanol–water partition coefficient (Wildman–Crippen LogP) is 3.80. The van der Waals surface area contributed by atoms with Crippen molar-refractivity contribution in [3.05, 3.63) is 65.4 Å². The molecule has 1 N–H and O–H groups in total. The van der Waals surface area contributed by atoms with Gasteiger partial charge in [-0.05, 0) is 39.5 Å². The molecular formula is C15H11BrN2O2S. The van der Waals surface area contributed by atoms with Crippen molar-refractivity contribution in [3.63, 3.8) is 0 Å². The third-order valence-corrected chi connectivity index (χ3v) is 5.10. The first-order valence-corrected chi connectivity index (χ1v) is 8.47. The van der Waals surface area contributed by atoms with Crippen molar-refractivity contribution in [1.82, 2.24) is 4.98 Å². The molecule has 0 aliphatic heterocycles. The van der Waals surface area contributed by atoms with Gasteiger partial charge in [-0.3, -0.25) is 4.72 Å². The molecule has 0 amide bonds. The zero-order valence-electron chi connectivity index (χ0n) is 10.8. The first-order valence-electron chi connectivity index (χ1n) is 6.19. The van der Waals surface area contributed by atoms with Crippen LogP contribution in [0.25, 0.3) is 10.8 Å². The van der Waals surface area contributed by atoms with Gasteiger partial charge in [0, 0.05) is 11.6 Å². The Labute approximate surface area is 131 Å². The van der Waals surface area contributed by atoms with E-state index in [1.165, 1.54) is 0 Å². The lowest BCUT2D eigenvalue weighted by molar-refractivity contribution is 0.602. The summed E-state index contributed by atoms with van der Waals surface area (Å²) in [6.07, 6.45) is 1.58. The summed E-state index contributed by atoms with van der Waals surface area (Å²) < 4.78 is 28.2. The molecule has 4 nitrogen and oxygen atoms in total. The number of pyridine rings is 1. The lowest BCUT2D eigenvalue weighted by Gasteiger charge is -2.11. The zero-order valence-corrected chi connectivity index (χ0v) is 13.2. The number of fused-ring (bicyclic) bond motifs is 1. The molecule has 3 rings (SSSR count). The molecule has 6 heteroatoms. The lowest BCUT2D eigenvalue weighted by Crippen LogP contribution is -2.14. The topological polar surface area (TPSA) is 59.1 Å². The number of nitrogens with one attached hydrogen (secondary N) is 1. The highest BCUT2D eigenvalue weighted by Crippen LogP contribution is 2.26. The Morgan fingerprint density at radius 1 is 0.952 bits per heavy atom. The van der Waals surface area contributed by atoms with Crippen molar-refractivity contribution in [3.8, 4) is 0 Å². The van der Waals surface area contributed by atoms with E-state index in [2.05, 4.69) is 25.6 Å². The van der Waals surface area contributed by atoms with Crippen molar-refractivity contribution < 1.29 is 8.42 Å². The molecule has 0 unspecified atom stereocenters. The third-order valence-electron chi connectivity index (χ3n) is 3.04. The molecule has 0 aliphatic carbocycles. The molecule has 2 aromatic carbocycles. The number of hydrogen-bond acceptors (Lipinski definition) is 3. The number of rotatable bonds is 3. The average Bonchev–Trinajstić information content (AvgIpc) is 2.49. The molecule has 3 aromatic rings. The van der Waals surface area contributed by atoms with Gasteiger partial charge in [0.2, 0.25) is 0 Å². The van der Waals surface area contributed by atoms with Gasteiger partial charge in [-0.2, -0.15) is 0 Å². The number of benzene rings is 2. The minimum absolute atomic E-state index is 0.247. The van der Waals surface area contributed by atoms with Crippen LogP contribution in [0, 0.1) is 0 Å². The van der Waals surface area contributed by atoms with Gasteiger partial charge in [-0.15, -0.1) is 0 Å². The third kappa shape index (κ3) is 2.77. The molecule has 0 saturated carbocycles. The Morgan fingerprint density at radius 2 is 1.71 bits per heavy atom. The molecule has 0 atom stereocenters. The van der Waals surface area contributed by atoms with E-state index in [0.717, 1.165) is 5.39 Å². The Morgan fingerprint density at radius 3 is 2.52 bits per heavy atom. The molecule has 0 saturated heterocycles. The van der Waals surface area contributed by atoms with E-state index in [0.29, 0.717) is 15.7 Å². The van der Waals surface area contributed by atoms with Crippen LogP contribution in [0.3, 0.4) is 0 Å². The van der Waals surface area contributed by atoms with Crippen LogP contribution in [0.2, 0.25) is 0 Å². The Bertz CT molecular complexity index is 905. The fourth-order valence-electron chi connectivity index (χ4n) is 2.09. The van der Waals surface area contributed by atoms with Crippen LogP contribution in [0.5, 0.6) is 0 Å². The molecule has 0 radical (unpaired) electrons. The zero-order chi connectivity index (χ0) is 14.9. The molecule has 106 valence electrons. The van der Waals surface area contributed by atoms with Crippen LogP contribution in [0.15, 0.2) is 70.3 Å². The summed E-state index contributed by atoms with van der Waals surface area (Å²) in [6, 6.07) is 15.9. The number of sulfonamides is 1. The highest BCUT2D eigenvalue weighted by molar-refractivity contribution is 9.10. The van der Waals surface area contributed by atoms with E-state index >= 15 is 0 Å². The number of hydrogen-bond donors (Lipinski definition) is 1. The summed E-state index contributed by atoms with van der Waals surface area (Å²) in [6.45, 7) is 0. The summed E-state index contributed by atoms with van der Waals surface area (Å²) in [5.41, 5.74) is 0.408. The first kappa shape index (κ1) is 14.0. The average molecular weight is 363 g/mol. The van der Waals surface area contributed by atoms with Gasteiger partial charge in [0.15, 0.2) is 0 Å². The van der Waals surface area contributed by atoms with Gasteiger partial charge in [-0.1, -0.05) is 36.4 Å². The van der Waals surface area contributed by atoms with Crippen molar-refractivity contribution in [1.29, 1.82) is 0 Å². The minimum atomic E-state index is -3.68. The molecule has 0 bridgehead atoms. The van der Waals surface area contributed by atoms with Gasteiger partial charge in [0.1, 0.15) is 4.60 Å². The molecule has 1 aromatic heterocycles. The second-order valence-electron chi connectivity index (χ2n) is 4.42. The van der Waals surface area contributed by atoms with Crippen molar-refractivity contribution in [2.24, 2.45) is 0 Å². The second-order valence-corrected chi connectivity index (χ2v) is 6.83. The minimum Gasteiger partial charge on any atom is -0.277 e. The lowest BCUT2D eigenvalue weighted by atomic mass is 10.1. The van der Waals surface area contributed by atoms with Gasteiger partial charge in [-0.25, -0.2) is 13.4 Å². The van der Waals surface area contributed by atoms with E-state index in [-0.39, 0.29) is 4.90 Å². The van der Waals surface area contributed by atoms with Gasteiger partial charge in [0.05, 0.1) is 10.6 Å². The van der Waals surface area contributed by atoms with E-state index in [4.69, 9.17) is 0 Å². The quantitative estimate of drug-likeness (QED) is 0.720. The van der Waals surface area contributed by atoms with Crippen LogP contribution >= 0.6 is 15.9 Å². The summed E-state index contributed by atoms with van der Waals surface area (Å²) >= 11 is 3.23. The molecule has 0 fully saturated rings. The maximum atomic E-state index is 12.6. The Hall–Kier alpha value is -1.92. The first-order chi connectivity index (χ1) is 10.1. The Balaban J connectivity index is 2.11. The molecular weight excluding hydrogens is 352 g/mol. The molecule has 0 aliphatic rings. The van der Waals surface area contributed by atoms with Gasteiger partial charge < -0.3 is 0 Å². The maximum absolute atomic E-state index is 12.6. The van der Waals surface area contributed by atoms with Crippen LogP contribution in [0.1, 0.15) is 0 Å². The largest absolute Gasteiger partial charge is 0.277 e. The van der Waals surface area contributed by atoms with Gasteiger partial charge >= 0.3 is 0 Å². The van der Waals surface area contributed by atoms with Gasteiger partial charge in [0.25, 0.3) is 10.0 Å². The maximum Gasteiger partial charge on any atom is 0.262 e. The number of nitrogens with zero attached hydrogens (tertiary/aromatic N) is 1. The second kappa shape index (κ2) is 5.46. The molecule has 21 heavy (non-hydrogen) atoms. The molecule has 1 heterocycles. The fourth-order valence-corrected chi connectivity index (χ4v) is 3.87. The molecule has 0 spiro atoms. The SMILES string of the molecule is O=S(=O)(Nc1cccnc1Br)c1cccc2ccccc12. The number of aromatic nitrogens is 1. The number of anilines is 1. The van der Waals surface area contributed by atoms with Crippen LogP contribution in [-0.4, -0.2) is 13.4 Å². The summed E-state index contributed by atoms with van der Waals surface area (Å²) in [5.74, 6) is 0. The van der Waals surface area contributed by atoms with Crippen LogP contribution in [-0.2, 0) is 10.0 Å². The Kier molecular flexibility index (Phi) is 3.65. The van der Waals surface area contributed by atoms with Crippen LogP contribution < -0.4 is 4.72 Å². The fraction of sp³-hybridized carbons (Fsp3) is 0. The summed E-state index contributed by atoms with van der Waals surface area (Å²) in [5, 5.41) is 1.57. The van der Waals surface area contributed by atoms with E-state index in [9.17, 15) is 8.42 Å². The standard InChI is InChI=1S/C15H11BrN2O2S/c16-15-13(8-4-10-17-15)18-21(19,20)14-9-3-6-11-5-1-2-7-12(11)14/h1-10,18H. The van der Waals surface area contributed by atoms with E-state index in [1.807, 2.05) is 24.3 Å². The number of halogens is 1. The highest BCUT2D eigenvalue weighted by Gasteiger charge is 2.18. The predicted molar refractivity (Wildman–Crippen MR) is 86.7 cm³/mol.